The number of ketones is 1. The van der Waals surface area contributed by atoms with Crippen LogP contribution in [0.3, 0.4) is 0 Å². The lowest BCUT2D eigenvalue weighted by Gasteiger charge is -2.43. The van der Waals surface area contributed by atoms with Gasteiger partial charge < -0.3 is 24.8 Å². The highest BCUT2D eigenvalue weighted by Crippen LogP contribution is 2.68. The number of para-hydroxylation sites is 1. The number of hydrogen-bond donors (Lipinski definition) is 2. The topological polar surface area (TPSA) is 106 Å². The molecule has 4 aliphatic rings. The summed E-state index contributed by atoms with van der Waals surface area (Å²) >= 11 is 6.53. The summed E-state index contributed by atoms with van der Waals surface area (Å²) in [6, 6.07) is 15.4. The molecule has 0 bridgehead atoms. The number of ether oxygens (including phenoxy) is 3. The zero-order valence-electron chi connectivity index (χ0n) is 22.7. The van der Waals surface area contributed by atoms with Crippen molar-refractivity contribution >= 4 is 40.6 Å². The minimum atomic E-state index is -1.58. The summed E-state index contributed by atoms with van der Waals surface area (Å²) in [6.45, 7) is 0.542. The molecule has 7 rings (SSSR count). The highest BCUT2D eigenvalue weighted by molar-refractivity contribution is 6.31. The molecule has 9 nitrogen and oxygen atoms in total. The van der Waals surface area contributed by atoms with Crippen molar-refractivity contribution in [3.05, 3.63) is 76.3 Å². The molecule has 0 radical (unpaired) electrons. The van der Waals surface area contributed by atoms with Crippen LogP contribution >= 0.6 is 11.6 Å². The number of amides is 2. The molecule has 3 aromatic carbocycles. The van der Waals surface area contributed by atoms with Crippen LogP contribution in [-0.4, -0.2) is 56.4 Å². The van der Waals surface area contributed by atoms with E-state index in [9.17, 15) is 14.4 Å². The Bertz CT molecular complexity index is 1630. The van der Waals surface area contributed by atoms with Crippen LogP contribution in [0.1, 0.15) is 34.3 Å². The first-order valence-corrected chi connectivity index (χ1v) is 13.9. The molecule has 210 valence electrons. The number of methoxy groups -OCH3 is 3. The zero-order valence-corrected chi connectivity index (χ0v) is 23.5. The van der Waals surface area contributed by atoms with E-state index in [-0.39, 0.29) is 17.6 Å². The number of benzene rings is 3. The van der Waals surface area contributed by atoms with Crippen LogP contribution in [0.4, 0.5) is 11.4 Å². The Balaban J connectivity index is 1.55. The third kappa shape index (κ3) is 3.02. The van der Waals surface area contributed by atoms with Crippen LogP contribution in [0.25, 0.3) is 0 Å². The van der Waals surface area contributed by atoms with Gasteiger partial charge in [-0.2, -0.15) is 0 Å². The van der Waals surface area contributed by atoms with E-state index in [1.54, 1.807) is 30.3 Å². The van der Waals surface area contributed by atoms with Gasteiger partial charge in [-0.1, -0.05) is 29.8 Å². The quantitative estimate of drug-likeness (QED) is 0.436. The van der Waals surface area contributed by atoms with E-state index in [1.165, 1.54) is 21.3 Å². The second-order valence-corrected chi connectivity index (χ2v) is 11.3. The Morgan fingerprint density at radius 3 is 2.29 bits per heavy atom. The van der Waals surface area contributed by atoms with Crippen molar-refractivity contribution in [3.8, 4) is 17.2 Å². The maximum absolute atomic E-state index is 15.0. The van der Waals surface area contributed by atoms with Gasteiger partial charge in [0.05, 0.1) is 27.2 Å². The molecule has 2 spiro atoms. The third-order valence-corrected chi connectivity index (χ3v) is 9.53. The molecule has 2 N–H and O–H groups in total. The van der Waals surface area contributed by atoms with Gasteiger partial charge in [-0.15, -0.1) is 0 Å². The predicted molar refractivity (Wildman–Crippen MR) is 152 cm³/mol. The standard InChI is InChI=1S/C31H28ClN3O6/c1-39-23-13-16(14-24(40-2)27(23)41-3)26(36)25-22-9-6-12-35(22)31(19-15-17(32)10-11-21(19)34-29(31)38)30(25)18-7-4-5-8-20(18)33-28(30)37/h4-5,7-8,10-11,13-15,22,25H,6,9,12H2,1-3H3,(H,33,37)(H,34,38)/t22-,25-,30-,31-/m0/s1. The molecule has 2 fully saturated rings. The normalized spacial score (nSPS) is 27.4. The van der Waals surface area contributed by atoms with E-state index < -0.39 is 22.9 Å². The van der Waals surface area contributed by atoms with Crippen molar-refractivity contribution in [1.82, 2.24) is 4.90 Å². The molecular weight excluding hydrogens is 546 g/mol. The van der Waals surface area contributed by atoms with E-state index in [1.807, 2.05) is 24.3 Å². The highest BCUT2D eigenvalue weighted by Gasteiger charge is 2.81. The molecule has 2 saturated heterocycles. The fourth-order valence-corrected chi connectivity index (χ4v) is 8.13. The van der Waals surface area contributed by atoms with Crippen LogP contribution in [-0.2, 0) is 20.5 Å². The first-order chi connectivity index (χ1) is 19.8. The van der Waals surface area contributed by atoms with Gasteiger partial charge in [0.2, 0.25) is 11.7 Å². The lowest BCUT2D eigenvalue weighted by molar-refractivity contribution is -0.137. The zero-order chi connectivity index (χ0) is 28.7. The first-order valence-electron chi connectivity index (χ1n) is 13.5. The molecule has 0 aromatic heterocycles. The molecule has 0 aliphatic carbocycles. The SMILES string of the molecule is COc1cc(C(=O)[C@@H]2[C@@H]3CCCN3[C@@]3(C(=O)Nc4ccc(Cl)cc43)[C@]23C(=O)Nc2ccccc23)cc(OC)c1OC. The van der Waals surface area contributed by atoms with Crippen molar-refractivity contribution in [2.75, 3.05) is 38.5 Å². The Labute approximate surface area is 241 Å². The molecule has 3 aromatic rings. The second-order valence-electron chi connectivity index (χ2n) is 10.8. The fraction of sp³-hybridized carbons (Fsp3) is 0.323. The minimum absolute atomic E-state index is 0.284. The Morgan fingerprint density at radius 1 is 0.902 bits per heavy atom. The van der Waals surface area contributed by atoms with Gasteiger partial charge in [-0.05, 0) is 61.3 Å². The van der Waals surface area contributed by atoms with Crippen molar-refractivity contribution in [2.45, 2.75) is 29.8 Å². The molecule has 0 saturated carbocycles. The van der Waals surface area contributed by atoms with Gasteiger partial charge in [0, 0.05) is 33.6 Å². The van der Waals surface area contributed by atoms with Gasteiger partial charge >= 0.3 is 0 Å². The number of carbonyl (C=O) groups excluding carboxylic acids is 3. The fourth-order valence-electron chi connectivity index (χ4n) is 7.95. The highest BCUT2D eigenvalue weighted by atomic mass is 35.5. The number of carbonyl (C=O) groups is 3. The van der Waals surface area contributed by atoms with Gasteiger partial charge in [0.1, 0.15) is 11.0 Å². The minimum Gasteiger partial charge on any atom is -0.493 e. The summed E-state index contributed by atoms with van der Waals surface area (Å²) in [5.41, 5.74) is -0.374. The van der Waals surface area contributed by atoms with Gasteiger partial charge in [0.25, 0.3) is 5.91 Å². The maximum Gasteiger partial charge on any atom is 0.251 e. The Kier molecular flexibility index (Phi) is 5.65. The van der Waals surface area contributed by atoms with E-state index in [0.29, 0.717) is 63.3 Å². The maximum atomic E-state index is 15.0. The third-order valence-electron chi connectivity index (χ3n) is 9.29. The average Bonchev–Trinajstić information content (AvgIpc) is 3.70. The Hall–Kier alpha value is -4.08. The van der Waals surface area contributed by atoms with E-state index in [0.717, 1.165) is 6.42 Å². The number of rotatable bonds is 5. The van der Waals surface area contributed by atoms with E-state index in [2.05, 4.69) is 15.5 Å². The molecular formula is C31H28ClN3O6. The second kappa shape index (κ2) is 8.96. The number of fused-ring (bicyclic) bond motifs is 7. The molecule has 10 heteroatoms. The molecule has 41 heavy (non-hydrogen) atoms. The number of halogens is 1. The lowest BCUT2D eigenvalue weighted by atomic mass is 9.57. The van der Waals surface area contributed by atoms with Crippen LogP contribution in [0.15, 0.2) is 54.6 Å². The van der Waals surface area contributed by atoms with Crippen LogP contribution in [0.5, 0.6) is 17.2 Å². The molecule has 4 aliphatic heterocycles. The monoisotopic (exact) mass is 573 g/mol. The summed E-state index contributed by atoms with van der Waals surface area (Å²) in [6.07, 6.45) is 1.41. The molecule has 2 amide bonds. The largest absolute Gasteiger partial charge is 0.493 e. The number of nitrogens with one attached hydrogen (secondary N) is 2. The first kappa shape index (κ1) is 25.9. The predicted octanol–water partition coefficient (Wildman–Crippen LogP) is 4.38. The van der Waals surface area contributed by atoms with Gasteiger partial charge in [-0.3, -0.25) is 19.3 Å². The van der Waals surface area contributed by atoms with Crippen molar-refractivity contribution in [1.29, 1.82) is 0 Å². The van der Waals surface area contributed by atoms with Crippen LogP contribution in [0.2, 0.25) is 5.02 Å². The van der Waals surface area contributed by atoms with Gasteiger partial charge in [0.15, 0.2) is 17.3 Å². The van der Waals surface area contributed by atoms with Gasteiger partial charge in [-0.25, -0.2) is 0 Å². The summed E-state index contributed by atoms with van der Waals surface area (Å²) in [5, 5.41) is 6.51. The summed E-state index contributed by atoms with van der Waals surface area (Å²) in [7, 11) is 4.47. The number of Topliss-reactive ketones (excluding diaryl/α,β-unsaturated/α-hetero) is 1. The van der Waals surface area contributed by atoms with E-state index >= 15 is 0 Å². The van der Waals surface area contributed by atoms with Crippen molar-refractivity contribution in [2.24, 2.45) is 5.92 Å². The smallest absolute Gasteiger partial charge is 0.251 e. The van der Waals surface area contributed by atoms with Crippen molar-refractivity contribution in [3.63, 3.8) is 0 Å². The number of hydrogen-bond acceptors (Lipinski definition) is 7. The molecule has 4 heterocycles. The number of anilines is 2. The average molecular weight is 574 g/mol. The Morgan fingerprint density at radius 2 is 1.59 bits per heavy atom. The molecule has 0 unspecified atom stereocenters. The van der Waals surface area contributed by atoms with Crippen LogP contribution in [0, 0.1) is 5.92 Å². The summed E-state index contributed by atoms with van der Waals surface area (Å²) in [4.78, 5) is 46.1. The van der Waals surface area contributed by atoms with Crippen molar-refractivity contribution < 1.29 is 28.6 Å². The summed E-state index contributed by atoms with van der Waals surface area (Å²) in [5.74, 6) is -0.912. The summed E-state index contributed by atoms with van der Waals surface area (Å²) < 4.78 is 16.6. The molecule has 4 atom stereocenters. The van der Waals surface area contributed by atoms with E-state index in [4.69, 9.17) is 25.8 Å². The lowest BCUT2D eigenvalue weighted by Crippen LogP contribution is -2.62. The number of nitrogens with zero attached hydrogens (tertiary/aromatic N) is 1. The van der Waals surface area contributed by atoms with Crippen LogP contribution < -0.4 is 24.8 Å².